The molecule has 1 saturated heterocycles. The van der Waals surface area contributed by atoms with Crippen LogP contribution >= 0.6 is 56.7 Å². The number of fused-ring (bicyclic) bond motifs is 5. The molecule has 5 atom stereocenters. The van der Waals surface area contributed by atoms with Crippen LogP contribution in [0, 0.1) is 13.8 Å². The molecule has 2 N–H and O–H groups in total. The molecule has 2 fully saturated rings. The summed E-state index contributed by atoms with van der Waals surface area (Å²) in [6.07, 6.45) is 13.6. The van der Waals surface area contributed by atoms with Crippen LogP contribution in [0.1, 0.15) is 87.7 Å². The monoisotopic (exact) mass is 2040 g/mol. The summed E-state index contributed by atoms with van der Waals surface area (Å²) in [6, 6.07) is 29.0. The number of hydrogen-bond donors (Lipinski definition) is 1. The molecule has 1 saturated carbocycles. The number of nitrogens with two attached hydrogens (primary N) is 1. The fourth-order valence-electron chi connectivity index (χ4n) is 13.3. The van der Waals surface area contributed by atoms with Crippen molar-refractivity contribution in [1.29, 1.82) is 0 Å². The van der Waals surface area contributed by atoms with E-state index in [-0.39, 0.29) is 40.7 Å². The average Bonchev–Trinajstić information content (AvgIpc) is 1.61. The molecule has 1 aliphatic carbocycles. The summed E-state index contributed by atoms with van der Waals surface area (Å²) >= 11 is 7.06. The molecule has 5 unspecified atom stereocenters. The number of morpholine rings is 1. The Bertz CT molecular complexity index is 7000. The number of amides is 1. The molecule has 137 heavy (non-hydrogen) atoms. The number of rotatable bonds is 32. The average molecular weight is 2050 g/mol. The quantitative estimate of drug-likeness (QED) is 0.0383. The van der Waals surface area contributed by atoms with Gasteiger partial charge in [-0.3, -0.25) is 31.2 Å². The molecule has 3 aliphatic rings. The van der Waals surface area contributed by atoms with E-state index in [1.165, 1.54) is 68.7 Å². The Morgan fingerprint density at radius 3 is 1.86 bits per heavy atom. The lowest BCUT2D eigenvalue weighted by Gasteiger charge is -2.28. The number of benzene rings is 3. The number of aliphatic imine (C=N–C) groups is 1. The fraction of sp³-hybridized carbons (Fsp3) is 0.352. The Morgan fingerprint density at radius 2 is 1.22 bits per heavy atom. The van der Waals surface area contributed by atoms with Crippen LogP contribution in [0.4, 0.5) is 17.2 Å². The molecule has 2 aliphatic heterocycles. The van der Waals surface area contributed by atoms with Crippen molar-refractivity contribution in [3.05, 3.63) is 156 Å². The first-order valence-corrected chi connectivity index (χ1v) is 53.7. The Kier molecular flexibility index (Phi) is 35.8. The second-order valence-electron chi connectivity index (χ2n) is 30.4. The van der Waals surface area contributed by atoms with Crippen LogP contribution in [0.2, 0.25) is 0 Å². The molecule has 0 spiro atoms. The number of hydrogen-bond acceptors (Lipinski definition) is 39. The zero-order chi connectivity index (χ0) is 95.5. The molecule has 15 heterocycles. The van der Waals surface area contributed by atoms with E-state index in [0.29, 0.717) is 178 Å². The molecule has 718 valence electrons. The summed E-state index contributed by atoms with van der Waals surface area (Å²) in [5, 5.41) is 6.92. The van der Waals surface area contributed by atoms with E-state index in [4.69, 9.17) is 58.3 Å². The third-order valence-corrected chi connectivity index (χ3v) is 33.2. The third-order valence-electron chi connectivity index (χ3n) is 20.1. The number of aryl methyl sites for hydroxylation is 2. The van der Waals surface area contributed by atoms with E-state index in [1.807, 2.05) is 143 Å². The lowest BCUT2D eigenvalue weighted by Crippen LogP contribution is -2.37. The standard InChI is InChI=1S/C21H23N5O3S2.C21H22N4O3S3.C18H20N4O3S.C16H11N5OS3.C14H20N4O4S.CH4/c1-4-10-31(27)21-24-18-17(15-6-5-7-16(11-15)29-9-8-28-3)23-20(25-19(18)30-21)26-12-14(2)22-13-26;1-3-12-31(26)21-16(22)15-17(13-4-6-14(7-5-13)28-10-9-27-2)24-18(25-19(15)30-21)20-23-8-11-29-20;1-5-10-26(24)18-20-13-14(17(23)22(3)4)19-15(21-16(13)25-18)12-8-6-11(2)7-9-12;22-25(9-4-5-9)16-20-12-11(10-3-1-2-6-17-10)19-13(21-14(12)24-16)15-18-7-8-23-15;1-20-7-8-23(19)11-9-10-12(16-11)13(17-14(15-10)21-2)18-3-5-22-6-4-18;/h5-7,11-13H,4,8-10H2,1-3H3;4-8,11H,3,9-10,12,22H2,1-2H3;6-9H,5,10H2,1-4H3;1-3,6-9H,4-5H2;3-9H2,1-2H3;1H4. The van der Waals surface area contributed by atoms with Gasteiger partial charge in [-0.1, -0.05) is 98.9 Å². The Balaban J connectivity index is 0.000000137. The van der Waals surface area contributed by atoms with Gasteiger partial charge in [0.25, 0.3) is 16.8 Å². The summed E-state index contributed by atoms with van der Waals surface area (Å²) in [5.41, 5.74) is 17.5. The van der Waals surface area contributed by atoms with Crippen molar-refractivity contribution < 1.29 is 63.4 Å². The van der Waals surface area contributed by atoms with Crippen LogP contribution in [0.25, 0.3) is 115 Å². The van der Waals surface area contributed by atoms with Gasteiger partial charge in [0.1, 0.15) is 88.9 Å². The minimum absolute atomic E-state index is 0. The number of pyridine rings is 1. The number of nitrogen functional groups attached to an aromatic ring is 1. The highest BCUT2D eigenvalue weighted by Gasteiger charge is 2.34. The molecule has 16 aromatic rings. The maximum Gasteiger partial charge on any atom is 0.318 e. The number of thiazole rings is 4. The highest BCUT2D eigenvalue weighted by atomic mass is 32.2. The van der Waals surface area contributed by atoms with Crippen molar-refractivity contribution in [3.63, 3.8) is 0 Å². The number of methoxy groups -OCH3 is 4. The lowest BCUT2D eigenvalue weighted by atomic mass is 10.1. The van der Waals surface area contributed by atoms with Gasteiger partial charge in [-0.15, -0.1) is 34.0 Å². The first-order chi connectivity index (χ1) is 66.1. The number of oxazole rings is 1. The zero-order valence-electron chi connectivity index (χ0n) is 76.0. The molecule has 1 amide bonds. The van der Waals surface area contributed by atoms with Crippen molar-refractivity contribution >= 4 is 181 Å². The zero-order valence-corrected chi connectivity index (χ0v) is 84.1. The van der Waals surface area contributed by atoms with E-state index in [1.54, 1.807) is 64.9 Å². The van der Waals surface area contributed by atoms with Gasteiger partial charge in [0, 0.05) is 130 Å². The summed E-state index contributed by atoms with van der Waals surface area (Å²) in [4.78, 5) is 99.5. The molecular formula is C91H100N22O14S10. The minimum atomic E-state index is -1.37. The smallest absolute Gasteiger partial charge is 0.318 e. The minimum Gasteiger partial charge on any atom is -0.491 e. The molecule has 46 heteroatoms. The highest BCUT2D eigenvalue weighted by Crippen LogP contribution is 2.44. The molecule has 0 bridgehead atoms. The predicted molar refractivity (Wildman–Crippen MR) is 541 cm³/mol. The van der Waals surface area contributed by atoms with E-state index in [0.717, 1.165) is 116 Å². The molecule has 0 radical (unpaired) electrons. The first-order valence-electron chi connectivity index (χ1n) is 43.0. The van der Waals surface area contributed by atoms with Crippen molar-refractivity contribution in [2.45, 2.75) is 104 Å². The Hall–Kier alpha value is -11.4. The molecular weight excluding hydrogens is 1950 g/mol. The summed E-state index contributed by atoms with van der Waals surface area (Å²) in [6.45, 7) is 15.0. The summed E-state index contributed by atoms with van der Waals surface area (Å²) in [7, 11) is 3.76. The van der Waals surface area contributed by atoms with Gasteiger partial charge in [-0.05, 0) is 94.5 Å². The lowest BCUT2D eigenvalue weighted by molar-refractivity contribution is 0.0823. The van der Waals surface area contributed by atoms with Crippen LogP contribution in [0.5, 0.6) is 17.5 Å². The van der Waals surface area contributed by atoms with Crippen molar-refractivity contribution in [2.75, 3.05) is 136 Å². The number of carbonyl (C=O) groups excluding carboxylic acids is 1. The number of anilines is 2. The van der Waals surface area contributed by atoms with Crippen LogP contribution < -0.4 is 24.8 Å². The number of aromatic nitrogens is 18. The van der Waals surface area contributed by atoms with E-state index < -0.39 is 54.0 Å². The topological polar surface area (TPSA) is 449 Å². The van der Waals surface area contributed by atoms with Gasteiger partial charge >= 0.3 is 6.01 Å². The number of thiophene rings is 1. The summed E-state index contributed by atoms with van der Waals surface area (Å²) in [5.74, 6) is 5.81. The second-order valence-corrected chi connectivity index (χ2v) is 43.5. The molecule has 3 aromatic carbocycles. The van der Waals surface area contributed by atoms with E-state index in [9.17, 15) is 25.8 Å². The van der Waals surface area contributed by atoms with Gasteiger partial charge < -0.3 is 53.1 Å². The van der Waals surface area contributed by atoms with Crippen molar-refractivity contribution in [1.82, 2.24) is 94.2 Å². The maximum absolute atomic E-state index is 12.7. The van der Waals surface area contributed by atoms with Gasteiger partial charge in [-0.25, -0.2) is 64.0 Å². The molecule has 13 aromatic heterocycles. The van der Waals surface area contributed by atoms with Crippen LogP contribution in [-0.4, -0.2) is 256 Å². The number of nitrogens with zero attached hydrogens (tertiary/aromatic N) is 21. The van der Waals surface area contributed by atoms with Gasteiger partial charge in [0.05, 0.1) is 123 Å². The molecule has 19 rings (SSSR count). The van der Waals surface area contributed by atoms with Gasteiger partial charge in [0.15, 0.2) is 58.0 Å². The van der Waals surface area contributed by atoms with Crippen LogP contribution in [0.3, 0.4) is 0 Å². The normalized spacial score (nSPS) is 13.9. The van der Waals surface area contributed by atoms with Gasteiger partial charge in [-0.2, -0.15) is 24.9 Å². The summed E-state index contributed by atoms with van der Waals surface area (Å²) < 4.78 is 109. The maximum atomic E-state index is 12.7. The largest absolute Gasteiger partial charge is 0.491 e. The SMILES string of the molecule is C.CCCS(=O)c1nc2c(-c3cccc(OCCOC)c3)nc(-n3cnc(C)c3)nc2s1.CCCS(=O)c1nc2c(C(=O)N(C)C)nc(-c3ccc(C)cc3)nc2o1.CCCS(=O)c1sc2nc(-c3nccs3)nc(-c3ccc(OCCOC)cc3)c2c1N.COCCS(=O)C1=Nc2c(nc(OC)nc2N2CCOCC2)C1.O=S(c1nc2c(-c3ccccn3)nc(-c3nccs3)nc2s1)C1CC1. The van der Waals surface area contributed by atoms with Crippen molar-refractivity contribution in [3.8, 4) is 90.4 Å². The predicted octanol–water partition coefficient (Wildman–Crippen LogP) is 15.7. The number of imidazole rings is 1. The van der Waals surface area contributed by atoms with Crippen LogP contribution in [-0.2, 0) is 79.4 Å². The first kappa shape index (κ1) is 102. The second kappa shape index (κ2) is 48.3. The van der Waals surface area contributed by atoms with Crippen molar-refractivity contribution in [2.24, 2.45) is 4.99 Å². The number of carbonyl (C=O) groups is 1. The Labute approximate surface area is 822 Å². The van der Waals surface area contributed by atoms with E-state index in [2.05, 4.69) is 79.7 Å². The Morgan fingerprint density at radius 1 is 0.569 bits per heavy atom. The van der Waals surface area contributed by atoms with E-state index >= 15 is 0 Å². The molecule has 36 nitrogen and oxygen atoms in total. The number of ether oxygens (including phenoxy) is 7. The van der Waals surface area contributed by atoms with Gasteiger partial charge in [0.2, 0.25) is 5.95 Å². The highest BCUT2D eigenvalue weighted by molar-refractivity contribution is 8.00. The third kappa shape index (κ3) is 25.0. The fourth-order valence-corrected chi connectivity index (χ4v) is 23.9. The van der Waals surface area contributed by atoms with Crippen LogP contribution in [0.15, 0.2) is 160 Å².